The van der Waals surface area contributed by atoms with Gasteiger partial charge in [-0.05, 0) is 44.9 Å². The molecule has 19 heavy (non-hydrogen) atoms. The quantitative estimate of drug-likeness (QED) is 0.696. The van der Waals surface area contributed by atoms with Gasteiger partial charge in [0, 0.05) is 12.1 Å². The fraction of sp³-hybridized carbons (Fsp3) is 0.647. The number of rotatable bonds is 8. The highest BCUT2D eigenvalue weighted by Gasteiger charge is 2.08. The monoisotopic (exact) mass is 263 g/mol. The van der Waals surface area contributed by atoms with E-state index < -0.39 is 0 Å². The molecule has 0 spiro atoms. The zero-order chi connectivity index (χ0) is 14.1. The van der Waals surface area contributed by atoms with E-state index in [0.29, 0.717) is 0 Å². The fourth-order valence-electron chi connectivity index (χ4n) is 1.79. The predicted molar refractivity (Wildman–Crippen MR) is 82.7 cm³/mol. The lowest BCUT2D eigenvalue weighted by atomic mass is 10.1. The molecule has 0 saturated heterocycles. The first kappa shape index (κ1) is 16.0. The second-order valence-corrected chi connectivity index (χ2v) is 6.16. The van der Waals surface area contributed by atoms with E-state index in [1.54, 1.807) is 0 Å². The van der Waals surface area contributed by atoms with Crippen molar-refractivity contribution in [3.63, 3.8) is 0 Å². The first-order valence-corrected chi connectivity index (χ1v) is 7.48. The van der Waals surface area contributed by atoms with Crippen LogP contribution in [0, 0.1) is 0 Å². The van der Waals surface area contributed by atoms with E-state index in [-0.39, 0.29) is 5.54 Å². The number of nitrogens with one attached hydrogen (secondary N) is 1. The molecule has 0 fully saturated rings. The summed E-state index contributed by atoms with van der Waals surface area (Å²) in [5.74, 6) is 0.982. The van der Waals surface area contributed by atoms with Crippen LogP contribution in [-0.2, 0) is 6.54 Å². The van der Waals surface area contributed by atoms with Crippen molar-refractivity contribution in [1.82, 2.24) is 5.32 Å². The number of hydrogen-bond donors (Lipinski definition) is 1. The Kier molecular flexibility index (Phi) is 6.93. The Morgan fingerprint density at radius 2 is 1.68 bits per heavy atom. The standard InChI is InChI=1S/C17H29NO/c1-5-6-7-8-13-19-16-11-9-15(10-12-16)14-18-17(2,3)4/h9-12,18H,5-8,13-14H2,1-4H3. The molecule has 0 saturated carbocycles. The molecule has 2 nitrogen and oxygen atoms in total. The molecule has 0 aliphatic rings. The lowest BCUT2D eigenvalue weighted by molar-refractivity contribution is 0.305. The van der Waals surface area contributed by atoms with E-state index in [0.717, 1.165) is 25.3 Å². The van der Waals surface area contributed by atoms with Crippen LogP contribution in [0.15, 0.2) is 24.3 Å². The average molecular weight is 263 g/mol. The molecule has 0 aromatic heterocycles. The Morgan fingerprint density at radius 3 is 2.26 bits per heavy atom. The molecule has 0 heterocycles. The molecule has 0 aliphatic heterocycles. The smallest absolute Gasteiger partial charge is 0.119 e. The van der Waals surface area contributed by atoms with E-state index in [9.17, 15) is 0 Å². The van der Waals surface area contributed by atoms with Crippen LogP contribution in [0.3, 0.4) is 0 Å². The second-order valence-electron chi connectivity index (χ2n) is 6.16. The number of hydrogen-bond acceptors (Lipinski definition) is 2. The van der Waals surface area contributed by atoms with Crippen LogP contribution in [-0.4, -0.2) is 12.1 Å². The largest absolute Gasteiger partial charge is 0.494 e. The van der Waals surface area contributed by atoms with E-state index >= 15 is 0 Å². The predicted octanol–water partition coefficient (Wildman–Crippen LogP) is 4.53. The van der Waals surface area contributed by atoms with E-state index in [4.69, 9.17) is 4.74 Å². The van der Waals surface area contributed by atoms with Crippen LogP contribution in [0.25, 0.3) is 0 Å². The minimum Gasteiger partial charge on any atom is -0.494 e. The third-order valence-corrected chi connectivity index (χ3v) is 3.01. The van der Waals surface area contributed by atoms with Crippen LogP contribution in [0.1, 0.15) is 58.9 Å². The zero-order valence-corrected chi connectivity index (χ0v) is 13.0. The van der Waals surface area contributed by atoms with Crippen LogP contribution in [0.2, 0.25) is 0 Å². The topological polar surface area (TPSA) is 21.3 Å². The maximum Gasteiger partial charge on any atom is 0.119 e. The minimum atomic E-state index is 0.161. The molecule has 0 atom stereocenters. The maximum absolute atomic E-state index is 5.73. The first-order chi connectivity index (χ1) is 9.01. The molecule has 1 rings (SSSR count). The SMILES string of the molecule is CCCCCCOc1ccc(CNC(C)(C)C)cc1. The first-order valence-electron chi connectivity index (χ1n) is 7.48. The normalized spacial score (nSPS) is 11.6. The second kappa shape index (κ2) is 8.21. The van der Waals surface area contributed by atoms with Crippen LogP contribution < -0.4 is 10.1 Å². The number of ether oxygens (including phenoxy) is 1. The van der Waals surface area contributed by atoms with Gasteiger partial charge in [-0.25, -0.2) is 0 Å². The summed E-state index contributed by atoms with van der Waals surface area (Å²) < 4.78 is 5.73. The van der Waals surface area contributed by atoms with E-state index in [1.807, 2.05) is 0 Å². The Morgan fingerprint density at radius 1 is 1.00 bits per heavy atom. The van der Waals surface area contributed by atoms with Crippen LogP contribution in [0.5, 0.6) is 5.75 Å². The Labute approximate surface area is 118 Å². The van der Waals surface area contributed by atoms with Gasteiger partial charge in [-0.1, -0.05) is 38.3 Å². The molecule has 0 unspecified atom stereocenters. The van der Waals surface area contributed by atoms with Crippen molar-refractivity contribution in [3.8, 4) is 5.75 Å². The molecular weight excluding hydrogens is 234 g/mol. The highest BCUT2D eigenvalue weighted by atomic mass is 16.5. The third kappa shape index (κ3) is 7.89. The van der Waals surface area contributed by atoms with Crippen molar-refractivity contribution in [3.05, 3.63) is 29.8 Å². The molecule has 0 bridgehead atoms. The fourth-order valence-corrected chi connectivity index (χ4v) is 1.79. The molecule has 1 N–H and O–H groups in total. The van der Waals surface area contributed by atoms with Gasteiger partial charge in [0.05, 0.1) is 6.61 Å². The highest BCUT2D eigenvalue weighted by Crippen LogP contribution is 2.13. The van der Waals surface area contributed by atoms with Crippen molar-refractivity contribution in [1.29, 1.82) is 0 Å². The van der Waals surface area contributed by atoms with Crippen LogP contribution in [0.4, 0.5) is 0 Å². The van der Waals surface area contributed by atoms with Gasteiger partial charge in [0.25, 0.3) is 0 Å². The molecule has 1 aromatic rings. The lowest BCUT2D eigenvalue weighted by Crippen LogP contribution is -2.35. The van der Waals surface area contributed by atoms with Gasteiger partial charge in [0.15, 0.2) is 0 Å². The summed E-state index contributed by atoms with van der Waals surface area (Å²) in [4.78, 5) is 0. The summed E-state index contributed by atoms with van der Waals surface area (Å²) in [6.07, 6.45) is 5.00. The molecule has 0 amide bonds. The summed E-state index contributed by atoms with van der Waals surface area (Å²) in [6, 6.07) is 8.42. The Balaban J connectivity index is 2.27. The summed E-state index contributed by atoms with van der Waals surface area (Å²) in [5, 5.41) is 3.48. The van der Waals surface area contributed by atoms with Crippen LogP contribution >= 0.6 is 0 Å². The molecule has 0 aliphatic carbocycles. The van der Waals surface area contributed by atoms with Gasteiger partial charge in [-0.15, -0.1) is 0 Å². The molecule has 1 aromatic carbocycles. The van der Waals surface area contributed by atoms with Crippen molar-refractivity contribution in [2.45, 2.75) is 65.5 Å². The van der Waals surface area contributed by atoms with Crippen molar-refractivity contribution in [2.75, 3.05) is 6.61 Å². The van der Waals surface area contributed by atoms with Crippen molar-refractivity contribution >= 4 is 0 Å². The summed E-state index contributed by atoms with van der Waals surface area (Å²) >= 11 is 0. The minimum absolute atomic E-state index is 0.161. The highest BCUT2D eigenvalue weighted by molar-refractivity contribution is 5.27. The average Bonchev–Trinajstić information content (AvgIpc) is 2.37. The van der Waals surface area contributed by atoms with Gasteiger partial charge < -0.3 is 10.1 Å². The van der Waals surface area contributed by atoms with Gasteiger partial charge in [0.2, 0.25) is 0 Å². The summed E-state index contributed by atoms with van der Waals surface area (Å²) in [7, 11) is 0. The van der Waals surface area contributed by atoms with Gasteiger partial charge in [0.1, 0.15) is 5.75 Å². The summed E-state index contributed by atoms with van der Waals surface area (Å²) in [6.45, 7) is 10.5. The third-order valence-electron chi connectivity index (χ3n) is 3.01. The number of benzene rings is 1. The molecular formula is C17H29NO. The van der Waals surface area contributed by atoms with Gasteiger partial charge in [-0.3, -0.25) is 0 Å². The molecule has 0 radical (unpaired) electrons. The molecule has 108 valence electrons. The van der Waals surface area contributed by atoms with Crippen molar-refractivity contribution < 1.29 is 4.74 Å². The maximum atomic E-state index is 5.73. The number of unbranched alkanes of at least 4 members (excludes halogenated alkanes) is 3. The van der Waals surface area contributed by atoms with Crippen molar-refractivity contribution in [2.24, 2.45) is 0 Å². The zero-order valence-electron chi connectivity index (χ0n) is 13.0. The summed E-state index contributed by atoms with van der Waals surface area (Å²) in [5.41, 5.74) is 1.46. The Bertz CT molecular complexity index is 337. The Hall–Kier alpha value is -1.02. The lowest BCUT2D eigenvalue weighted by Gasteiger charge is -2.20. The van der Waals surface area contributed by atoms with E-state index in [1.165, 1.54) is 24.8 Å². The van der Waals surface area contributed by atoms with Gasteiger partial charge >= 0.3 is 0 Å². The van der Waals surface area contributed by atoms with E-state index in [2.05, 4.69) is 57.3 Å². The van der Waals surface area contributed by atoms with Gasteiger partial charge in [-0.2, -0.15) is 0 Å². The molecule has 2 heteroatoms.